The third-order valence-corrected chi connectivity index (χ3v) is 4.06. The van der Waals surface area contributed by atoms with Gasteiger partial charge in [-0.1, -0.05) is 25.0 Å². The maximum Gasteiger partial charge on any atom is 0.145 e. The first kappa shape index (κ1) is 8.66. The molecule has 4 bridgehead atoms. The largest absolute Gasteiger partial charge is 0.362 e. The van der Waals surface area contributed by atoms with Crippen LogP contribution in [-0.2, 0) is 9.53 Å². The molecule has 1 aliphatic carbocycles. The second-order valence-electron chi connectivity index (χ2n) is 4.97. The number of ketones is 1. The molecule has 14 heavy (non-hydrogen) atoms. The molecule has 3 aliphatic rings. The molecule has 3 rings (SSSR count). The van der Waals surface area contributed by atoms with Crippen LogP contribution < -0.4 is 0 Å². The zero-order chi connectivity index (χ0) is 9.76. The predicted octanol–water partition coefficient (Wildman–Crippen LogP) is 2.09. The first-order valence-electron chi connectivity index (χ1n) is 5.62. The summed E-state index contributed by atoms with van der Waals surface area (Å²) in [7, 11) is 0. The zero-order valence-corrected chi connectivity index (χ0v) is 8.53. The van der Waals surface area contributed by atoms with Crippen molar-refractivity contribution in [1.29, 1.82) is 0 Å². The maximum atomic E-state index is 12.2. The van der Waals surface area contributed by atoms with Gasteiger partial charge in [-0.25, -0.2) is 0 Å². The van der Waals surface area contributed by atoms with Gasteiger partial charge in [0, 0.05) is 5.92 Å². The Labute approximate surface area is 84.3 Å². The Bertz CT molecular complexity index is 307. The van der Waals surface area contributed by atoms with Gasteiger partial charge in [-0.3, -0.25) is 4.79 Å². The maximum absolute atomic E-state index is 12.2. The van der Waals surface area contributed by atoms with Crippen molar-refractivity contribution in [3.05, 3.63) is 12.2 Å². The number of ether oxygens (including phenoxy) is 1. The van der Waals surface area contributed by atoms with Gasteiger partial charge in [-0.15, -0.1) is 0 Å². The fourth-order valence-corrected chi connectivity index (χ4v) is 3.22. The highest BCUT2D eigenvalue weighted by Gasteiger charge is 2.52. The van der Waals surface area contributed by atoms with Gasteiger partial charge in [-0.2, -0.15) is 0 Å². The molecule has 2 heterocycles. The number of hydrogen-bond acceptors (Lipinski definition) is 2. The number of carbonyl (C=O) groups is 1. The van der Waals surface area contributed by atoms with Crippen LogP contribution in [-0.4, -0.2) is 17.5 Å². The van der Waals surface area contributed by atoms with E-state index in [1.54, 1.807) is 0 Å². The molecule has 2 nitrogen and oxygen atoms in total. The van der Waals surface area contributed by atoms with Crippen LogP contribution >= 0.6 is 0 Å². The molecular weight excluding hydrogens is 176 g/mol. The summed E-state index contributed by atoms with van der Waals surface area (Å²) in [6.07, 6.45) is 8.73. The SMILES string of the molecule is C[C@@]12C=C[C@@H](O1)[C@H]1CCCC[C@@H]2C1=O. The first-order chi connectivity index (χ1) is 6.71. The second kappa shape index (κ2) is 2.69. The standard InChI is InChI=1S/C12H16O2/c1-12-7-6-10(14-12)8-4-2-3-5-9(12)11(8)13/h6-10H,2-5H2,1H3/t8-,9-,10-,12+/m1/s1. The van der Waals surface area contributed by atoms with Crippen molar-refractivity contribution in [3.63, 3.8) is 0 Å². The Hall–Kier alpha value is -0.630. The van der Waals surface area contributed by atoms with Crippen LogP contribution in [0.15, 0.2) is 12.2 Å². The molecule has 0 aromatic carbocycles. The highest BCUT2D eigenvalue weighted by Crippen LogP contribution is 2.46. The van der Waals surface area contributed by atoms with Crippen molar-refractivity contribution >= 4 is 5.78 Å². The van der Waals surface area contributed by atoms with E-state index in [9.17, 15) is 4.79 Å². The van der Waals surface area contributed by atoms with Gasteiger partial charge in [0.25, 0.3) is 0 Å². The van der Waals surface area contributed by atoms with Gasteiger partial charge in [-0.05, 0) is 19.8 Å². The summed E-state index contributed by atoms with van der Waals surface area (Å²) in [5.74, 6) is 0.755. The monoisotopic (exact) mass is 192 g/mol. The predicted molar refractivity (Wildman–Crippen MR) is 52.9 cm³/mol. The average Bonchev–Trinajstić information content (AvgIpc) is 2.42. The highest BCUT2D eigenvalue weighted by molar-refractivity contribution is 5.87. The van der Waals surface area contributed by atoms with Crippen molar-refractivity contribution in [2.24, 2.45) is 11.8 Å². The first-order valence-corrected chi connectivity index (χ1v) is 5.62. The van der Waals surface area contributed by atoms with Crippen LogP contribution in [0.1, 0.15) is 32.6 Å². The van der Waals surface area contributed by atoms with Crippen LogP contribution in [0.25, 0.3) is 0 Å². The molecule has 76 valence electrons. The van der Waals surface area contributed by atoms with Crippen molar-refractivity contribution < 1.29 is 9.53 Å². The van der Waals surface area contributed by atoms with E-state index in [-0.39, 0.29) is 23.5 Å². The summed E-state index contributed by atoms with van der Waals surface area (Å²) in [6.45, 7) is 2.06. The molecule has 2 fully saturated rings. The Kier molecular flexibility index (Phi) is 1.67. The molecule has 1 saturated carbocycles. The molecule has 0 amide bonds. The normalized spacial score (nSPS) is 50.6. The van der Waals surface area contributed by atoms with Crippen LogP contribution in [0.5, 0.6) is 0 Å². The minimum Gasteiger partial charge on any atom is -0.362 e. The summed E-state index contributed by atoms with van der Waals surface area (Å²) in [5, 5.41) is 0. The minimum absolute atomic E-state index is 0.0850. The number of rotatable bonds is 0. The van der Waals surface area contributed by atoms with E-state index < -0.39 is 0 Å². The van der Waals surface area contributed by atoms with Crippen molar-refractivity contribution in [3.8, 4) is 0 Å². The average molecular weight is 192 g/mol. The van der Waals surface area contributed by atoms with Gasteiger partial charge in [0.2, 0.25) is 0 Å². The minimum atomic E-state index is -0.275. The van der Waals surface area contributed by atoms with E-state index in [0.29, 0.717) is 5.78 Å². The van der Waals surface area contributed by atoms with Crippen LogP contribution in [0, 0.1) is 11.8 Å². The molecular formula is C12H16O2. The van der Waals surface area contributed by atoms with E-state index in [0.717, 1.165) is 12.8 Å². The van der Waals surface area contributed by atoms with Crippen molar-refractivity contribution in [1.82, 2.24) is 0 Å². The Morgan fingerprint density at radius 3 is 3.07 bits per heavy atom. The van der Waals surface area contributed by atoms with Crippen molar-refractivity contribution in [2.75, 3.05) is 0 Å². The van der Waals surface area contributed by atoms with E-state index in [1.165, 1.54) is 12.8 Å². The van der Waals surface area contributed by atoms with Gasteiger partial charge in [0.15, 0.2) is 0 Å². The smallest absolute Gasteiger partial charge is 0.145 e. The lowest BCUT2D eigenvalue weighted by Crippen LogP contribution is -2.49. The molecule has 0 radical (unpaired) electrons. The van der Waals surface area contributed by atoms with Crippen LogP contribution in [0.4, 0.5) is 0 Å². The van der Waals surface area contributed by atoms with Crippen LogP contribution in [0.2, 0.25) is 0 Å². The molecule has 2 aliphatic heterocycles. The highest BCUT2D eigenvalue weighted by atomic mass is 16.5. The molecule has 0 N–H and O–H groups in total. The van der Waals surface area contributed by atoms with E-state index >= 15 is 0 Å². The Balaban J connectivity index is 2.04. The summed E-state index contributed by atoms with van der Waals surface area (Å²) in [6, 6.07) is 0. The molecule has 1 saturated heterocycles. The lowest BCUT2D eigenvalue weighted by molar-refractivity contribution is -0.158. The number of Topliss-reactive ketones (excluding diaryl/α,β-unsaturated/α-hetero) is 1. The lowest BCUT2D eigenvalue weighted by atomic mass is 9.78. The van der Waals surface area contributed by atoms with Gasteiger partial charge in [0.1, 0.15) is 5.78 Å². The lowest BCUT2D eigenvalue weighted by Gasteiger charge is -2.39. The fourth-order valence-electron chi connectivity index (χ4n) is 3.22. The molecule has 0 unspecified atom stereocenters. The number of fused-ring (bicyclic) bond motifs is 6. The molecule has 4 atom stereocenters. The van der Waals surface area contributed by atoms with Crippen LogP contribution in [0.3, 0.4) is 0 Å². The molecule has 0 aromatic rings. The second-order valence-corrected chi connectivity index (χ2v) is 4.97. The van der Waals surface area contributed by atoms with Gasteiger partial charge >= 0.3 is 0 Å². The summed E-state index contributed by atoms with van der Waals surface area (Å²) in [5.41, 5.74) is -0.275. The van der Waals surface area contributed by atoms with E-state index in [1.807, 2.05) is 0 Å². The fraction of sp³-hybridized carbons (Fsp3) is 0.750. The van der Waals surface area contributed by atoms with Gasteiger partial charge in [0.05, 0.1) is 17.6 Å². The molecule has 2 heteroatoms. The third kappa shape index (κ3) is 0.977. The summed E-state index contributed by atoms with van der Waals surface area (Å²) in [4.78, 5) is 12.2. The topological polar surface area (TPSA) is 26.3 Å². The summed E-state index contributed by atoms with van der Waals surface area (Å²) >= 11 is 0. The number of carbonyl (C=O) groups excluding carboxylic acids is 1. The zero-order valence-electron chi connectivity index (χ0n) is 8.53. The molecule has 0 aromatic heterocycles. The van der Waals surface area contributed by atoms with Gasteiger partial charge < -0.3 is 4.74 Å². The molecule has 0 spiro atoms. The Morgan fingerprint density at radius 2 is 2.21 bits per heavy atom. The number of hydrogen-bond donors (Lipinski definition) is 0. The quantitative estimate of drug-likeness (QED) is 0.549. The third-order valence-electron chi connectivity index (χ3n) is 4.06. The van der Waals surface area contributed by atoms with E-state index in [2.05, 4.69) is 19.1 Å². The summed E-state index contributed by atoms with van der Waals surface area (Å²) < 4.78 is 5.97. The van der Waals surface area contributed by atoms with Crippen molar-refractivity contribution in [2.45, 2.75) is 44.3 Å². The van der Waals surface area contributed by atoms with E-state index in [4.69, 9.17) is 4.74 Å². The Morgan fingerprint density at radius 1 is 1.43 bits per heavy atom.